The molecule has 3 rings (SSSR count). The number of anilines is 1. The van der Waals surface area contributed by atoms with Crippen molar-refractivity contribution in [3.8, 4) is 0 Å². The van der Waals surface area contributed by atoms with Gasteiger partial charge in [0.2, 0.25) is 0 Å². The van der Waals surface area contributed by atoms with Gasteiger partial charge < -0.3 is 5.32 Å². The quantitative estimate of drug-likeness (QED) is 0.612. The summed E-state index contributed by atoms with van der Waals surface area (Å²) >= 11 is 0. The smallest absolute Gasteiger partial charge is 0.261 e. The van der Waals surface area contributed by atoms with Crippen LogP contribution in [0.25, 0.3) is 0 Å². The standard InChI is InChI=1S/C22H21FN2O3S/c1-16(17-6-3-2-4-7-17)15-24-22(26)18-8-5-9-21(14-18)29(27,28)25-20-12-10-19(23)11-13-20/h2-14,16,25H,15H2,1H3,(H,24,26)/t16-/m0/s1. The highest BCUT2D eigenvalue weighted by molar-refractivity contribution is 7.92. The van der Waals surface area contributed by atoms with E-state index in [1.54, 1.807) is 6.07 Å². The van der Waals surface area contributed by atoms with E-state index in [1.165, 1.54) is 30.3 Å². The minimum Gasteiger partial charge on any atom is -0.351 e. The van der Waals surface area contributed by atoms with Gasteiger partial charge in [-0.05, 0) is 53.9 Å². The van der Waals surface area contributed by atoms with Crippen LogP contribution in [0.15, 0.2) is 83.8 Å². The average molecular weight is 412 g/mol. The Labute approximate surface area is 169 Å². The van der Waals surface area contributed by atoms with Gasteiger partial charge in [0.25, 0.3) is 15.9 Å². The summed E-state index contributed by atoms with van der Waals surface area (Å²) in [5.41, 5.74) is 1.58. The molecule has 29 heavy (non-hydrogen) atoms. The maximum Gasteiger partial charge on any atom is 0.261 e. The molecule has 0 spiro atoms. The number of carbonyl (C=O) groups excluding carboxylic acids is 1. The van der Waals surface area contributed by atoms with Crippen LogP contribution in [0.4, 0.5) is 10.1 Å². The first-order valence-corrected chi connectivity index (χ1v) is 10.5. The second-order valence-corrected chi connectivity index (χ2v) is 8.34. The van der Waals surface area contributed by atoms with Crippen molar-refractivity contribution in [1.82, 2.24) is 5.32 Å². The summed E-state index contributed by atoms with van der Waals surface area (Å²) in [6, 6.07) is 20.6. The topological polar surface area (TPSA) is 75.3 Å². The van der Waals surface area contributed by atoms with Crippen LogP contribution in [0.5, 0.6) is 0 Å². The van der Waals surface area contributed by atoms with Crippen LogP contribution < -0.4 is 10.0 Å². The molecule has 0 saturated heterocycles. The van der Waals surface area contributed by atoms with E-state index in [0.29, 0.717) is 6.54 Å². The second-order valence-electron chi connectivity index (χ2n) is 6.66. The van der Waals surface area contributed by atoms with E-state index in [9.17, 15) is 17.6 Å². The van der Waals surface area contributed by atoms with Crippen LogP contribution in [0.2, 0.25) is 0 Å². The van der Waals surface area contributed by atoms with Gasteiger partial charge in [-0.1, -0.05) is 43.3 Å². The molecule has 0 aliphatic carbocycles. The van der Waals surface area contributed by atoms with Crippen LogP contribution >= 0.6 is 0 Å². The van der Waals surface area contributed by atoms with Crippen molar-refractivity contribution in [3.63, 3.8) is 0 Å². The fourth-order valence-corrected chi connectivity index (χ4v) is 3.89. The van der Waals surface area contributed by atoms with Crippen molar-refractivity contribution in [2.24, 2.45) is 0 Å². The number of hydrogen-bond donors (Lipinski definition) is 2. The Hall–Kier alpha value is -3.19. The van der Waals surface area contributed by atoms with E-state index in [0.717, 1.165) is 17.7 Å². The van der Waals surface area contributed by atoms with E-state index >= 15 is 0 Å². The molecule has 2 N–H and O–H groups in total. The van der Waals surface area contributed by atoms with Gasteiger partial charge in [-0.25, -0.2) is 12.8 Å². The SMILES string of the molecule is C[C@@H](CNC(=O)c1cccc(S(=O)(=O)Nc2ccc(F)cc2)c1)c1ccccc1. The number of halogens is 1. The largest absolute Gasteiger partial charge is 0.351 e. The number of sulfonamides is 1. The molecule has 0 saturated carbocycles. The van der Waals surface area contributed by atoms with Gasteiger partial charge in [-0.2, -0.15) is 0 Å². The summed E-state index contributed by atoms with van der Waals surface area (Å²) in [5.74, 6) is -0.699. The summed E-state index contributed by atoms with van der Waals surface area (Å²) < 4.78 is 40.5. The Morgan fingerprint density at radius 1 is 0.966 bits per heavy atom. The van der Waals surface area contributed by atoms with E-state index in [2.05, 4.69) is 10.0 Å². The number of benzene rings is 3. The normalized spacial score (nSPS) is 12.2. The van der Waals surface area contributed by atoms with Crippen molar-refractivity contribution in [3.05, 3.63) is 95.8 Å². The molecule has 0 heterocycles. The third kappa shape index (κ3) is 5.42. The first-order valence-electron chi connectivity index (χ1n) is 9.07. The molecule has 0 aliphatic heterocycles. The number of amides is 1. The Morgan fingerprint density at radius 3 is 2.34 bits per heavy atom. The average Bonchev–Trinajstić information content (AvgIpc) is 2.74. The molecule has 1 atom stereocenters. The molecule has 0 radical (unpaired) electrons. The number of hydrogen-bond acceptors (Lipinski definition) is 3. The molecule has 3 aromatic carbocycles. The van der Waals surface area contributed by atoms with Gasteiger partial charge in [0.05, 0.1) is 4.90 Å². The third-order valence-corrected chi connectivity index (χ3v) is 5.82. The van der Waals surface area contributed by atoms with Crippen LogP contribution in [0, 0.1) is 5.82 Å². The van der Waals surface area contributed by atoms with Gasteiger partial charge in [-0.3, -0.25) is 9.52 Å². The maximum atomic E-state index is 13.0. The first-order chi connectivity index (χ1) is 13.8. The minimum atomic E-state index is -3.91. The van der Waals surface area contributed by atoms with Crippen LogP contribution in [-0.4, -0.2) is 20.9 Å². The molecule has 0 aliphatic rings. The fourth-order valence-electron chi connectivity index (χ4n) is 2.78. The predicted molar refractivity (Wildman–Crippen MR) is 111 cm³/mol. The molecular weight excluding hydrogens is 391 g/mol. The van der Waals surface area contributed by atoms with E-state index in [-0.39, 0.29) is 28.0 Å². The van der Waals surface area contributed by atoms with Crippen LogP contribution in [0.1, 0.15) is 28.8 Å². The number of nitrogens with one attached hydrogen (secondary N) is 2. The van der Waals surface area contributed by atoms with E-state index < -0.39 is 15.8 Å². The maximum absolute atomic E-state index is 13.0. The van der Waals surface area contributed by atoms with Crippen LogP contribution in [0.3, 0.4) is 0 Å². The second kappa shape index (κ2) is 8.87. The molecule has 5 nitrogen and oxygen atoms in total. The van der Waals surface area contributed by atoms with Crippen molar-refractivity contribution in [2.45, 2.75) is 17.7 Å². The molecular formula is C22H21FN2O3S. The summed E-state index contributed by atoms with van der Waals surface area (Å²) in [6.07, 6.45) is 0. The van der Waals surface area contributed by atoms with Crippen molar-refractivity contribution >= 4 is 21.6 Å². The summed E-state index contributed by atoms with van der Waals surface area (Å²) in [4.78, 5) is 12.4. The highest BCUT2D eigenvalue weighted by Gasteiger charge is 2.17. The summed E-state index contributed by atoms with van der Waals surface area (Å²) in [5, 5.41) is 2.84. The van der Waals surface area contributed by atoms with Gasteiger partial charge in [0.1, 0.15) is 5.82 Å². The van der Waals surface area contributed by atoms with Gasteiger partial charge in [0, 0.05) is 17.8 Å². The third-order valence-electron chi connectivity index (χ3n) is 4.44. The molecule has 7 heteroatoms. The lowest BCUT2D eigenvalue weighted by Gasteiger charge is -2.14. The Balaban J connectivity index is 1.69. The molecule has 0 unspecified atom stereocenters. The van der Waals surface area contributed by atoms with Gasteiger partial charge in [0.15, 0.2) is 0 Å². The monoisotopic (exact) mass is 412 g/mol. The Bertz CT molecular complexity index is 1080. The van der Waals surface area contributed by atoms with E-state index in [1.807, 2.05) is 37.3 Å². The van der Waals surface area contributed by atoms with Crippen molar-refractivity contribution in [2.75, 3.05) is 11.3 Å². The number of carbonyl (C=O) groups is 1. The Morgan fingerprint density at radius 2 is 1.66 bits per heavy atom. The fraction of sp³-hybridized carbons (Fsp3) is 0.136. The zero-order valence-electron chi connectivity index (χ0n) is 15.8. The lowest BCUT2D eigenvalue weighted by molar-refractivity contribution is 0.0951. The highest BCUT2D eigenvalue weighted by Crippen LogP contribution is 2.18. The summed E-state index contributed by atoms with van der Waals surface area (Å²) in [6.45, 7) is 2.43. The van der Waals surface area contributed by atoms with Gasteiger partial charge in [-0.15, -0.1) is 0 Å². The van der Waals surface area contributed by atoms with Crippen LogP contribution in [-0.2, 0) is 10.0 Å². The predicted octanol–water partition coefficient (Wildman–Crippen LogP) is 4.16. The van der Waals surface area contributed by atoms with Crippen molar-refractivity contribution in [1.29, 1.82) is 0 Å². The molecule has 0 fully saturated rings. The Kier molecular flexibility index (Phi) is 6.29. The lowest BCUT2D eigenvalue weighted by atomic mass is 10.0. The zero-order valence-corrected chi connectivity index (χ0v) is 16.6. The highest BCUT2D eigenvalue weighted by atomic mass is 32.2. The summed E-state index contributed by atoms with van der Waals surface area (Å²) in [7, 11) is -3.91. The zero-order chi connectivity index (χ0) is 20.9. The first kappa shape index (κ1) is 20.5. The van der Waals surface area contributed by atoms with Gasteiger partial charge >= 0.3 is 0 Å². The molecule has 0 bridgehead atoms. The minimum absolute atomic E-state index is 0.0504. The molecule has 1 amide bonds. The molecule has 0 aromatic heterocycles. The molecule has 150 valence electrons. The van der Waals surface area contributed by atoms with E-state index in [4.69, 9.17) is 0 Å². The molecule has 3 aromatic rings. The number of rotatable bonds is 7. The van der Waals surface area contributed by atoms with Crippen molar-refractivity contribution < 1.29 is 17.6 Å². The lowest BCUT2D eigenvalue weighted by Crippen LogP contribution is -2.27.